The molecule has 1 aromatic carbocycles. The molecule has 3 atom stereocenters. The first-order valence-electron chi connectivity index (χ1n) is 13.1. The number of fused-ring (bicyclic) bond motifs is 5. The van der Waals surface area contributed by atoms with Crippen LogP contribution in [0.2, 0.25) is 0 Å². The molecule has 39 heavy (non-hydrogen) atoms. The number of piperidine rings is 1. The molecule has 11 nitrogen and oxygen atoms in total. The van der Waals surface area contributed by atoms with E-state index in [4.69, 9.17) is 9.97 Å². The number of rotatable bonds is 4. The van der Waals surface area contributed by atoms with Crippen molar-refractivity contribution in [3.05, 3.63) is 78.9 Å². The van der Waals surface area contributed by atoms with Crippen LogP contribution < -0.4 is 0 Å². The molecule has 7 heterocycles. The second kappa shape index (κ2) is 8.55. The minimum atomic E-state index is -0.0696. The van der Waals surface area contributed by atoms with Crippen LogP contribution in [0.15, 0.2) is 67.4 Å². The van der Waals surface area contributed by atoms with E-state index < -0.39 is 0 Å². The van der Waals surface area contributed by atoms with Gasteiger partial charge in [0.2, 0.25) is 5.82 Å². The number of carbonyl (C=O) groups is 1. The third-order valence-electron chi connectivity index (χ3n) is 8.19. The molecule has 8 rings (SSSR count). The predicted octanol–water partition coefficient (Wildman–Crippen LogP) is 4.00. The molecule has 192 valence electrons. The Hall–Kier alpha value is -4.93. The van der Waals surface area contributed by atoms with Gasteiger partial charge in [0.1, 0.15) is 6.33 Å². The van der Waals surface area contributed by atoms with Crippen LogP contribution in [0.4, 0.5) is 0 Å². The lowest BCUT2D eigenvalue weighted by molar-refractivity contribution is 0.0558. The fraction of sp³-hybridized carbons (Fsp3) is 0.250. The third kappa shape index (κ3) is 3.46. The average molecular weight is 517 g/mol. The van der Waals surface area contributed by atoms with E-state index in [1.807, 2.05) is 52.3 Å². The lowest BCUT2D eigenvalue weighted by Crippen LogP contribution is -2.46. The molecule has 5 aromatic heterocycles. The van der Waals surface area contributed by atoms with Crippen molar-refractivity contribution in [2.24, 2.45) is 0 Å². The highest BCUT2D eigenvalue weighted by Gasteiger charge is 2.45. The average Bonchev–Trinajstić information content (AvgIpc) is 3.79. The van der Waals surface area contributed by atoms with Crippen molar-refractivity contribution in [1.29, 1.82) is 0 Å². The van der Waals surface area contributed by atoms with Gasteiger partial charge in [-0.25, -0.2) is 9.97 Å². The van der Waals surface area contributed by atoms with Gasteiger partial charge in [-0.05, 0) is 31.7 Å². The second-order valence-corrected chi connectivity index (χ2v) is 10.3. The normalized spacial score (nSPS) is 20.7. The Balaban J connectivity index is 1.16. The fourth-order valence-electron chi connectivity index (χ4n) is 6.43. The third-order valence-corrected chi connectivity index (χ3v) is 8.19. The van der Waals surface area contributed by atoms with Crippen molar-refractivity contribution in [1.82, 2.24) is 49.9 Å². The molecule has 2 saturated heterocycles. The molecule has 2 bridgehead atoms. The number of hydrogen-bond donors (Lipinski definition) is 2. The SMILES string of the molecule is O=C(c1ncn[nH]1)N1[C@@H]2CC[C@H]1CC(c1nc3c(-c4ccc(-c5ccccc5)nc4)cnn3c3[nH]ncc13)C2. The van der Waals surface area contributed by atoms with E-state index in [0.717, 1.165) is 70.4 Å². The number of pyridine rings is 1. The van der Waals surface area contributed by atoms with Crippen LogP contribution in [0.1, 0.15) is 47.9 Å². The Morgan fingerprint density at radius 1 is 0.872 bits per heavy atom. The van der Waals surface area contributed by atoms with Gasteiger partial charge < -0.3 is 4.90 Å². The summed E-state index contributed by atoms with van der Waals surface area (Å²) in [6.07, 6.45) is 10.6. The number of amides is 1. The molecular weight excluding hydrogens is 492 g/mol. The van der Waals surface area contributed by atoms with Crippen LogP contribution in [0.5, 0.6) is 0 Å². The molecule has 2 N–H and O–H groups in total. The van der Waals surface area contributed by atoms with E-state index in [1.165, 1.54) is 6.33 Å². The van der Waals surface area contributed by atoms with Gasteiger partial charge in [0.25, 0.3) is 5.91 Å². The first-order valence-corrected chi connectivity index (χ1v) is 13.1. The maximum Gasteiger partial charge on any atom is 0.291 e. The zero-order valence-corrected chi connectivity index (χ0v) is 20.9. The van der Waals surface area contributed by atoms with Crippen LogP contribution in [0, 0.1) is 0 Å². The van der Waals surface area contributed by atoms with Gasteiger partial charge in [0, 0.05) is 40.9 Å². The number of nitrogens with zero attached hydrogens (tertiary/aromatic N) is 8. The molecule has 0 radical (unpaired) electrons. The van der Waals surface area contributed by atoms with Crippen LogP contribution in [-0.4, -0.2) is 67.9 Å². The first kappa shape index (κ1) is 22.1. The largest absolute Gasteiger partial charge is 0.330 e. The summed E-state index contributed by atoms with van der Waals surface area (Å²) < 4.78 is 1.82. The minimum Gasteiger partial charge on any atom is -0.330 e. The summed E-state index contributed by atoms with van der Waals surface area (Å²) in [6, 6.07) is 14.5. The molecule has 0 aliphatic carbocycles. The fourth-order valence-corrected chi connectivity index (χ4v) is 6.43. The van der Waals surface area contributed by atoms with Crippen molar-refractivity contribution in [3.63, 3.8) is 0 Å². The molecule has 11 heteroatoms. The van der Waals surface area contributed by atoms with Gasteiger partial charge in [-0.3, -0.25) is 20.0 Å². The van der Waals surface area contributed by atoms with Crippen LogP contribution in [0.3, 0.4) is 0 Å². The summed E-state index contributed by atoms with van der Waals surface area (Å²) in [5, 5.41) is 19.7. The molecule has 2 aliphatic rings. The smallest absolute Gasteiger partial charge is 0.291 e. The maximum atomic E-state index is 13.1. The van der Waals surface area contributed by atoms with E-state index in [2.05, 4.69) is 48.7 Å². The van der Waals surface area contributed by atoms with Gasteiger partial charge in [-0.1, -0.05) is 36.4 Å². The summed E-state index contributed by atoms with van der Waals surface area (Å²) >= 11 is 0. The molecule has 1 amide bonds. The van der Waals surface area contributed by atoms with Crippen LogP contribution in [-0.2, 0) is 0 Å². The van der Waals surface area contributed by atoms with Crippen molar-refractivity contribution in [2.45, 2.75) is 43.7 Å². The topological polar surface area (TPSA) is 134 Å². The zero-order valence-electron chi connectivity index (χ0n) is 20.9. The van der Waals surface area contributed by atoms with Gasteiger partial charge in [-0.2, -0.15) is 19.8 Å². The number of nitrogens with one attached hydrogen (secondary N) is 2. The van der Waals surface area contributed by atoms with Crippen LogP contribution in [0.25, 0.3) is 39.1 Å². The highest BCUT2D eigenvalue weighted by atomic mass is 16.2. The highest BCUT2D eigenvalue weighted by molar-refractivity contribution is 5.91. The second-order valence-electron chi connectivity index (χ2n) is 10.3. The van der Waals surface area contributed by atoms with E-state index in [1.54, 1.807) is 0 Å². The Labute approximate surface area is 222 Å². The Bertz CT molecular complexity index is 1790. The lowest BCUT2D eigenvalue weighted by atomic mass is 9.86. The maximum absolute atomic E-state index is 13.1. The summed E-state index contributed by atoms with van der Waals surface area (Å²) in [7, 11) is 0. The number of aromatic nitrogens is 9. The summed E-state index contributed by atoms with van der Waals surface area (Å²) in [5.41, 5.74) is 6.46. The lowest BCUT2D eigenvalue weighted by Gasteiger charge is -2.38. The van der Waals surface area contributed by atoms with E-state index in [9.17, 15) is 4.79 Å². The standard InChI is InChI=1S/C28H24N10O/c39-28(25-30-15-32-35-25)37-19-7-8-20(37)11-18(10-19)24-22-13-31-36-27(22)38-26(34-24)21(14-33-38)17-6-9-23(29-12-17)16-4-2-1-3-5-16/h1-6,9,12-15,18-20H,7-8,10-11H2,(H,31,36)(H,30,32,35)/t18?,19-,20+. The number of aromatic amines is 2. The highest BCUT2D eigenvalue weighted by Crippen LogP contribution is 2.44. The zero-order chi connectivity index (χ0) is 25.9. The van der Waals surface area contributed by atoms with Gasteiger partial charge in [0.05, 0.1) is 29.2 Å². The van der Waals surface area contributed by atoms with Gasteiger partial charge >= 0.3 is 0 Å². The van der Waals surface area contributed by atoms with E-state index in [-0.39, 0.29) is 23.9 Å². The Morgan fingerprint density at radius 3 is 2.46 bits per heavy atom. The molecule has 2 fully saturated rings. The minimum absolute atomic E-state index is 0.0696. The van der Waals surface area contributed by atoms with Gasteiger partial charge in [0.15, 0.2) is 11.3 Å². The quantitative estimate of drug-likeness (QED) is 0.362. The number of H-pyrrole nitrogens is 2. The van der Waals surface area contributed by atoms with Crippen LogP contribution >= 0.6 is 0 Å². The summed E-state index contributed by atoms with van der Waals surface area (Å²) in [6.45, 7) is 0. The Kier molecular flexibility index (Phi) is 4.84. The first-order chi connectivity index (χ1) is 19.2. The summed E-state index contributed by atoms with van der Waals surface area (Å²) in [5.74, 6) is 0.436. The number of carbonyl (C=O) groups excluding carboxylic acids is 1. The van der Waals surface area contributed by atoms with Crippen molar-refractivity contribution in [2.75, 3.05) is 0 Å². The number of benzene rings is 1. The molecule has 1 unspecified atom stereocenters. The van der Waals surface area contributed by atoms with E-state index >= 15 is 0 Å². The molecule has 0 saturated carbocycles. The monoisotopic (exact) mass is 516 g/mol. The number of hydrogen-bond acceptors (Lipinski definition) is 7. The van der Waals surface area contributed by atoms with E-state index in [0.29, 0.717) is 5.82 Å². The molecule has 0 spiro atoms. The summed E-state index contributed by atoms with van der Waals surface area (Å²) in [4.78, 5) is 29.2. The molecular formula is C28H24N10O. The predicted molar refractivity (Wildman–Crippen MR) is 143 cm³/mol. The van der Waals surface area contributed by atoms with Crippen molar-refractivity contribution in [3.8, 4) is 22.4 Å². The van der Waals surface area contributed by atoms with Crippen molar-refractivity contribution >= 4 is 22.6 Å². The molecule has 2 aliphatic heterocycles. The molecule has 6 aromatic rings. The Morgan fingerprint density at radius 2 is 1.72 bits per heavy atom. The van der Waals surface area contributed by atoms with Gasteiger partial charge in [-0.15, -0.1) is 0 Å². The van der Waals surface area contributed by atoms with Crippen molar-refractivity contribution < 1.29 is 4.79 Å².